The van der Waals surface area contributed by atoms with Crippen molar-refractivity contribution >= 4 is 22.8 Å². The number of benzene rings is 1. The lowest BCUT2D eigenvalue weighted by molar-refractivity contribution is -0.125. The smallest absolute Gasteiger partial charge is 0.339 e. The van der Waals surface area contributed by atoms with Crippen LogP contribution < -0.4 is 5.32 Å². The maximum Gasteiger partial charge on any atom is 0.339 e. The molecule has 1 atom stereocenters. The van der Waals surface area contributed by atoms with Gasteiger partial charge in [0.2, 0.25) is 0 Å². The first-order chi connectivity index (χ1) is 14.8. The molecule has 1 aromatic heterocycles. The summed E-state index contributed by atoms with van der Waals surface area (Å²) in [4.78, 5) is 30.5. The molecule has 1 N–H and O–H groups in total. The van der Waals surface area contributed by atoms with E-state index in [1.54, 1.807) is 0 Å². The summed E-state index contributed by atoms with van der Waals surface area (Å²) >= 11 is 0. The molecular formula is C26H34N2O3. The second-order valence-corrected chi connectivity index (χ2v) is 10.2. The number of esters is 1. The molecule has 31 heavy (non-hydrogen) atoms. The Morgan fingerprint density at radius 2 is 1.84 bits per heavy atom. The van der Waals surface area contributed by atoms with Gasteiger partial charge in [0.15, 0.2) is 6.61 Å². The SMILES string of the molecule is CC(C)(C)C1CCc2nc3ccccc3c(C(=O)OCC(=O)NC3CCCCC3)c2C1. The van der Waals surface area contributed by atoms with Crippen LogP contribution >= 0.6 is 0 Å². The zero-order valence-electron chi connectivity index (χ0n) is 19.0. The minimum absolute atomic E-state index is 0.157. The largest absolute Gasteiger partial charge is 0.452 e. The molecule has 2 aliphatic rings. The zero-order valence-corrected chi connectivity index (χ0v) is 19.0. The van der Waals surface area contributed by atoms with Gasteiger partial charge in [-0.2, -0.15) is 0 Å². The number of nitrogens with zero attached hydrogens (tertiary/aromatic N) is 1. The molecule has 1 aromatic carbocycles. The first-order valence-electron chi connectivity index (χ1n) is 11.7. The fraction of sp³-hybridized carbons (Fsp3) is 0.577. The van der Waals surface area contributed by atoms with Gasteiger partial charge in [-0.25, -0.2) is 4.79 Å². The van der Waals surface area contributed by atoms with E-state index >= 15 is 0 Å². The third kappa shape index (κ3) is 4.91. The van der Waals surface area contributed by atoms with Crippen LogP contribution in [0.25, 0.3) is 10.9 Å². The van der Waals surface area contributed by atoms with Crippen LogP contribution in [0.15, 0.2) is 24.3 Å². The Labute approximate surface area is 185 Å². The van der Waals surface area contributed by atoms with E-state index in [0.29, 0.717) is 11.5 Å². The Morgan fingerprint density at radius 1 is 1.10 bits per heavy atom. The first kappa shape index (κ1) is 21.8. The highest BCUT2D eigenvalue weighted by Gasteiger charge is 2.33. The Bertz CT molecular complexity index is 971. The average molecular weight is 423 g/mol. The van der Waals surface area contributed by atoms with Crippen molar-refractivity contribution in [2.45, 2.75) is 78.2 Å². The highest BCUT2D eigenvalue weighted by molar-refractivity contribution is 6.05. The van der Waals surface area contributed by atoms with E-state index in [4.69, 9.17) is 9.72 Å². The van der Waals surface area contributed by atoms with Gasteiger partial charge in [-0.3, -0.25) is 9.78 Å². The topological polar surface area (TPSA) is 68.3 Å². The van der Waals surface area contributed by atoms with E-state index in [1.807, 2.05) is 24.3 Å². The summed E-state index contributed by atoms with van der Waals surface area (Å²) in [6.45, 7) is 6.53. The minimum atomic E-state index is -0.414. The molecule has 1 heterocycles. The summed E-state index contributed by atoms with van der Waals surface area (Å²) in [6.07, 6.45) is 8.30. The van der Waals surface area contributed by atoms with Crippen LogP contribution in [0.3, 0.4) is 0 Å². The molecular weight excluding hydrogens is 388 g/mol. The molecule has 166 valence electrons. The quantitative estimate of drug-likeness (QED) is 0.705. The Hall–Kier alpha value is -2.43. The molecule has 0 radical (unpaired) electrons. The van der Waals surface area contributed by atoms with Crippen molar-refractivity contribution in [1.82, 2.24) is 10.3 Å². The number of ether oxygens (including phenoxy) is 1. The third-order valence-corrected chi connectivity index (χ3v) is 6.99. The molecule has 5 nitrogen and oxygen atoms in total. The van der Waals surface area contributed by atoms with E-state index in [-0.39, 0.29) is 24.0 Å². The van der Waals surface area contributed by atoms with Crippen LogP contribution in [0.1, 0.15) is 80.9 Å². The average Bonchev–Trinajstić information content (AvgIpc) is 2.75. The number of nitrogens with one attached hydrogen (secondary N) is 1. The normalized spacial score (nSPS) is 19.6. The molecule has 2 aromatic rings. The summed E-state index contributed by atoms with van der Waals surface area (Å²) in [7, 11) is 0. The molecule has 0 bridgehead atoms. The van der Waals surface area contributed by atoms with E-state index < -0.39 is 5.97 Å². The molecule has 5 heteroatoms. The summed E-state index contributed by atoms with van der Waals surface area (Å²) in [5.41, 5.74) is 3.57. The molecule has 0 spiro atoms. The first-order valence-corrected chi connectivity index (χ1v) is 11.7. The second-order valence-electron chi connectivity index (χ2n) is 10.2. The lowest BCUT2D eigenvalue weighted by Gasteiger charge is -2.35. The predicted octanol–water partition coefficient (Wildman–Crippen LogP) is 4.99. The molecule has 1 saturated carbocycles. The van der Waals surface area contributed by atoms with Crippen molar-refractivity contribution in [3.05, 3.63) is 41.1 Å². The number of aryl methyl sites for hydroxylation is 1. The van der Waals surface area contributed by atoms with Crippen LogP contribution in [0.2, 0.25) is 0 Å². The Morgan fingerprint density at radius 3 is 2.58 bits per heavy atom. The standard InChI is InChI=1S/C26H34N2O3/c1-26(2,3)17-13-14-22-20(15-17)24(19-11-7-8-12-21(19)28-22)25(30)31-16-23(29)27-18-9-5-4-6-10-18/h7-8,11-12,17-18H,4-6,9-10,13-16H2,1-3H3,(H,27,29). The molecule has 4 rings (SSSR count). The summed E-state index contributed by atoms with van der Waals surface area (Å²) in [5.74, 6) is -0.146. The van der Waals surface area contributed by atoms with Gasteiger partial charge in [-0.15, -0.1) is 0 Å². The van der Waals surface area contributed by atoms with Crippen molar-refractivity contribution in [1.29, 1.82) is 0 Å². The number of carbonyl (C=O) groups is 2. The fourth-order valence-electron chi connectivity index (χ4n) is 5.08. The van der Waals surface area contributed by atoms with Crippen molar-refractivity contribution in [2.24, 2.45) is 11.3 Å². The summed E-state index contributed by atoms with van der Waals surface area (Å²) in [6, 6.07) is 7.95. The maximum atomic E-state index is 13.3. The number of rotatable bonds is 4. The number of carbonyl (C=O) groups excluding carboxylic acids is 2. The van der Waals surface area contributed by atoms with Crippen molar-refractivity contribution in [2.75, 3.05) is 6.61 Å². The number of amides is 1. The lowest BCUT2D eigenvalue weighted by atomic mass is 9.70. The number of hydrogen-bond acceptors (Lipinski definition) is 4. The van der Waals surface area contributed by atoms with Crippen LogP contribution in [-0.4, -0.2) is 29.5 Å². The van der Waals surface area contributed by atoms with Crippen molar-refractivity contribution in [3.63, 3.8) is 0 Å². The van der Waals surface area contributed by atoms with Gasteiger partial charge < -0.3 is 10.1 Å². The van der Waals surface area contributed by atoms with E-state index in [0.717, 1.165) is 67.1 Å². The Balaban J connectivity index is 1.57. The monoisotopic (exact) mass is 422 g/mol. The van der Waals surface area contributed by atoms with Gasteiger partial charge in [0.25, 0.3) is 5.91 Å². The molecule has 1 fully saturated rings. The molecule has 0 aliphatic heterocycles. The van der Waals surface area contributed by atoms with E-state index in [2.05, 4.69) is 26.1 Å². The van der Waals surface area contributed by atoms with Gasteiger partial charge in [0.1, 0.15) is 0 Å². The summed E-state index contributed by atoms with van der Waals surface area (Å²) < 4.78 is 5.55. The molecule has 1 amide bonds. The third-order valence-electron chi connectivity index (χ3n) is 6.99. The van der Waals surface area contributed by atoms with Gasteiger partial charge >= 0.3 is 5.97 Å². The van der Waals surface area contributed by atoms with Crippen LogP contribution in [-0.2, 0) is 22.4 Å². The highest BCUT2D eigenvalue weighted by atomic mass is 16.5. The van der Waals surface area contributed by atoms with Gasteiger partial charge in [-0.1, -0.05) is 58.2 Å². The van der Waals surface area contributed by atoms with Crippen molar-refractivity contribution < 1.29 is 14.3 Å². The van der Waals surface area contributed by atoms with Crippen LogP contribution in [0.5, 0.6) is 0 Å². The highest BCUT2D eigenvalue weighted by Crippen LogP contribution is 2.39. The van der Waals surface area contributed by atoms with Crippen LogP contribution in [0.4, 0.5) is 0 Å². The molecule has 1 unspecified atom stereocenters. The zero-order chi connectivity index (χ0) is 22.0. The maximum absolute atomic E-state index is 13.3. The van der Waals surface area contributed by atoms with Gasteiger partial charge in [0.05, 0.1) is 11.1 Å². The number of pyridine rings is 1. The number of fused-ring (bicyclic) bond motifs is 2. The van der Waals surface area contributed by atoms with Crippen molar-refractivity contribution in [3.8, 4) is 0 Å². The van der Waals surface area contributed by atoms with E-state index in [1.165, 1.54) is 6.42 Å². The van der Waals surface area contributed by atoms with Crippen LogP contribution in [0, 0.1) is 11.3 Å². The molecule has 2 aliphatic carbocycles. The summed E-state index contributed by atoms with van der Waals surface area (Å²) in [5, 5.41) is 3.84. The van der Waals surface area contributed by atoms with Gasteiger partial charge in [-0.05, 0) is 55.1 Å². The number of aromatic nitrogens is 1. The fourth-order valence-corrected chi connectivity index (χ4v) is 5.08. The Kier molecular flexibility index (Phi) is 6.31. The lowest BCUT2D eigenvalue weighted by Crippen LogP contribution is -2.38. The number of hydrogen-bond donors (Lipinski definition) is 1. The van der Waals surface area contributed by atoms with Gasteiger partial charge in [0, 0.05) is 17.1 Å². The van der Waals surface area contributed by atoms with E-state index in [9.17, 15) is 9.59 Å². The number of para-hydroxylation sites is 1. The molecule has 0 saturated heterocycles. The second kappa shape index (κ2) is 8.97. The minimum Gasteiger partial charge on any atom is -0.452 e. The predicted molar refractivity (Wildman–Crippen MR) is 122 cm³/mol.